The van der Waals surface area contributed by atoms with E-state index < -0.39 is 0 Å². The fraction of sp³-hybridized carbons (Fsp3) is 0.529. The maximum Gasteiger partial charge on any atom is 0.134 e. The van der Waals surface area contributed by atoms with Crippen LogP contribution in [0, 0.1) is 13.8 Å². The van der Waals surface area contributed by atoms with E-state index in [1.807, 2.05) is 0 Å². The van der Waals surface area contributed by atoms with Crippen LogP contribution in [0.2, 0.25) is 0 Å². The van der Waals surface area contributed by atoms with Crippen molar-refractivity contribution in [2.75, 3.05) is 0 Å². The first-order chi connectivity index (χ1) is 8.81. The van der Waals surface area contributed by atoms with Crippen molar-refractivity contribution in [2.45, 2.75) is 60.0 Å². The smallest absolute Gasteiger partial charge is 0.134 e. The quantitative estimate of drug-likeness (QED) is 0.878. The van der Waals surface area contributed by atoms with Gasteiger partial charge in [0.1, 0.15) is 11.3 Å². The van der Waals surface area contributed by atoms with E-state index in [0.29, 0.717) is 0 Å². The second kappa shape index (κ2) is 5.01. The number of nitrogens with one attached hydrogen (secondary N) is 1. The van der Waals surface area contributed by atoms with Crippen LogP contribution in [0.3, 0.4) is 0 Å². The number of aryl methyl sites for hydroxylation is 3. The van der Waals surface area contributed by atoms with Crippen molar-refractivity contribution in [3.8, 4) is 0 Å². The number of rotatable bonds is 3. The Morgan fingerprint density at radius 1 is 1.11 bits per heavy atom. The molecule has 0 aliphatic heterocycles. The van der Waals surface area contributed by atoms with Gasteiger partial charge in [-0.25, -0.2) is 0 Å². The van der Waals surface area contributed by atoms with E-state index in [0.717, 1.165) is 24.3 Å². The molecule has 0 aliphatic carbocycles. The van der Waals surface area contributed by atoms with Crippen molar-refractivity contribution >= 4 is 11.0 Å². The van der Waals surface area contributed by atoms with E-state index in [-0.39, 0.29) is 5.54 Å². The van der Waals surface area contributed by atoms with Crippen LogP contribution >= 0.6 is 0 Å². The van der Waals surface area contributed by atoms with E-state index in [9.17, 15) is 0 Å². The molecule has 2 heteroatoms. The van der Waals surface area contributed by atoms with Crippen LogP contribution < -0.4 is 5.32 Å². The normalized spacial score (nSPS) is 12.3. The zero-order valence-corrected chi connectivity index (χ0v) is 13.0. The van der Waals surface area contributed by atoms with Crippen molar-refractivity contribution in [3.05, 3.63) is 34.6 Å². The topological polar surface area (TPSA) is 25.2 Å². The molecule has 0 unspecified atom stereocenters. The largest absolute Gasteiger partial charge is 0.459 e. The number of fused-ring (bicyclic) bond motifs is 1. The number of hydrogen-bond donors (Lipinski definition) is 1. The van der Waals surface area contributed by atoms with Gasteiger partial charge in [0.2, 0.25) is 0 Å². The van der Waals surface area contributed by atoms with Crippen molar-refractivity contribution in [1.82, 2.24) is 5.32 Å². The zero-order chi connectivity index (χ0) is 14.2. The first-order valence-corrected chi connectivity index (χ1v) is 7.08. The van der Waals surface area contributed by atoms with Crippen molar-refractivity contribution in [1.29, 1.82) is 0 Å². The van der Waals surface area contributed by atoms with Crippen LogP contribution in [0.25, 0.3) is 11.0 Å². The molecular formula is C17H25NO. The fourth-order valence-electron chi connectivity index (χ4n) is 2.33. The first kappa shape index (κ1) is 14.1. The molecule has 0 saturated carbocycles. The lowest BCUT2D eigenvalue weighted by molar-refractivity contribution is 0.393. The van der Waals surface area contributed by atoms with Crippen molar-refractivity contribution in [2.24, 2.45) is 0 Å². The van der Waals surface area contributed by atoms with E-state index in [4.69, 9.17) is 4.42 Å². The van der Waals surface area contributed by atoms with Crippen LogP contribution in [0.4, 0.5) is 0 Å². The summed E-state index contributed by atoms with van der Waals surface area (Å²) in [5.41, 5.74) is 5.09. The van der Waals surface area contributed by atoms with Gasteiger partial charge >= 0.3 is 0 Å². The van der Waals surface area contributed by atoms with Gasteiger partial charge in [-0.3, -0.25) is 0 Å². The second-order valence-electron chi connectivity index (χ2n) is 6.39. The minimum Gasteiger partial charge on any atom is -0.459 e. The van der Waals surface area contributed by atoms with Gasteiger partial charge in [-0.2, -0.15) is 0 Å². The summed E-state index contributed by atoms with van der Waals surface area (Å²) in [7, 11) is 0. The van der Waals surface area contributed by atoms with Crippen molar-refractivity contribution in [3.63, 3.8) is 0 Å². The molecule has 2 rings (SSSR count). The lowest BCUT2D eigenvalue weighted by atomic mass is 10.0. The highest BCUT2D eigenvalue weighted by atomic mass is 16.3. The Morgan fingerprint density at radius 3 is 2.32 bits per heavy atom. The third-order valence-corrected chi connectivity index (χ3v) is 3.62. The third kappa shape index (κ3) is 3.01. The molecule has 104 valence electrons. The Balaban J connectivity index is 2.44. The highest BCUT2D eigenvalue weighted by molar-refractivity contribution is 5.83. The van der Waals surface area contributed by atoms with E-state index in [1.165, 1.54) is 22.1 Å². The van der Waals surface area contributed by atoms with E-state index in [2.05, 4.69) is 59.0 Å². The molecule has 0 amide bonds. The monoisotopic (exact) mass is 259 g/mol. The lowest BCUT2D eigenvalue weighted by Crippen LogP contribution is -2.35. The summed E-state index contributed by atoms with van der Waals surface area (Å²) in [6, 6.07) is 4.41. The first-order valence-electron chi connectivity index (χ1n) is 7.08. The Kier molecular flexibility index (Phi) is 3.73. The highest BCUT2D eigenvalue weighted by Crippen LogP contribution is 2.29. The van der Waals surface area contributed by atoms with Gasteiger partial charge in [0, 0.05) is 16.5 Å². The number of furan rings is 1. The van der Waals surface area contributed by atoms with Crippen molar-refractivity contribution < 1.29 is 4.42 Å². The Morgan fingerprint density at radius 2 is 1.74 bits per heavy atom. The molecule has 1 aromatic carbocycles. The van der Waals surface area contributed by atoms with Gasteiger partial charge < -0.3 is 9.73 Å². The molecule has 0 atom stereocenters. The molecule has 0 aliphatic rings. The maximum absolute atomic E-state index is 6.06. The second-order valence-corrected chi connectivity index (χ2v) is 6.39. The van der Waals surface area contributed by atoms with Crippen LogP contribution in [0.15, 0.2) is 16.5 Å². The number of hydrogen-bond acceptors (Lipinski definition) is 2. The average molecular weight is 259 g/mol. The summed E-state index contributed by atoms with van der Waals surface area (Å²) in [4.78, 5) is 0. The number of benzene rings is 1. The predicted octanol–water partition coefficient (Wildman–Crippen LogP) is 4.50. The highest BCUT2D eigenvalue weighted by Gasteiger charge is 2.16. The minimum absolute atomic E-state index is 0.107. The van der Waals surface area contributed by atoms with E-state index in [1.54, 1.807) is 0 Å². The molecule has 2 nitrogen and oxygen atoms in total. The predicted molar refractivity (Wildman–Crippen MR) is 81.7 cm³/mol. The molecule has 0 fully saturated rings. The Hall–Kier alpha value is -1.28. The van der Waals surface area contributed by atoms with Crippen LogP contribution in [-0.2, 0) is 13.0 Å². The average Bonchev–Trinajstić information content (AvgIpc) is 2.63. The molecule has 1 heterocycles. The molecule has 0 bridgehead atoms. The molecule has 0 spiro atoms. The standard InChI is InChI=1S/C17H25NO/c1-7-13-14-8-11(2)12(3)9-15(14)19-16(13)10-18-17(4,5)6/h8-9,18H,7,10H2,1-6H3. The fourth-order valence-corrected chi connectivity index (χ4v) is 2.33. The Labute approximate surface area is 116 Å². The molecule has 2 aromatic rings. The van der Waals surface area contributed by atoms with E-state index >= 15 is 0 Å². The van der Waals surface area contributed by atoms with Crippen LogP contribution in [-0.4, -0.2) is 5.54 Å². The van der Waals surface area contributed by atoms with Gasteiger partial charge in [-0.15, -0.1) is 0 Å². The molecular weight excluding hydrogens is 234 g/mol. The SMILES string of the molecule is CCc1c(CNC(C)(C)C)oc2cc(C)c(C)cc12. The maximum atomic E-state index is 6.06. The summed E-state index contributed by atoms with van der Waals surface area (Å²) >= 11 is 0. The third-order valence-electron chi connectivity index (χ3n) is 3.62. The van der Waals surface area contributed by atoms with Gasteiger partial charge in [-0.1, -0.05) is 6.92 Å². The summed E-state index contributed by atoms with van der Waals surface area (Å²) in [5.74, 6) is 1.08. The molecule has 19 heavy (non-hydrogen) atoms. The molecule has 1 aromatic heterocycles. The van der Waals surface area contributed by atoms with Gasteiger partial charge in [0.15, 0.2) is 0 Å². The van der Waals surface area contributed by atoms with Gasteiger partial charge in [-0.05, 0) is 64.3 Å². The summed E-state index contributed by atoms with van der Waals surface area (Å²) in [6.45, 7) is 13.8. The lowest BCUT2D eigenvalue weighted by Gasteiger charge is -2.19. The molecule has 1 N–H and O–H groups in total. The molecule has 0 saturated heterocycles. The van der Waals surface area contributed by atoms with Gasteiger partial charge in [0.05, 0.1) is 6.54 Å². The summed E-state index contributed by atoms with van der Waals surface area (Å²) < 4.78 is 6.06. The summed E-state index contributed by atoms with van der Waals surface area (Å²) in [5, 5.41) is 4.78. The van der Waals surface area contributed by atoms with Gasteiger partial charge in [0.25, 0.3) is 0 Å². The zero-order valence-electron chi connectivity index (χ0n) is 13.0. The Bertz CT molecular complexity index is 587. The van der Waals surface area contributed by atoms with Crippen LogP contribution in [0.5, 0.6) is 0 Å². The summed E-state index contributed by atoms with van der Waals surface area (Å²) in [6.07, 6.45) is 1.01. The van der Waals surface area contributed by atoms with Crippen LogP contribution in [0.1, 0.15) is 50.1 Å². The molecule has 0 radical (unpaired) electrons. The minimum atomic E-state index is 0.107.